The molecule has 1 aliphatic heterocycles. The summed E-state index contributed by atoms with van der Waals surface area (Å²) in [6.45, 7) is 9.87. The van der Waals surface area contributed by atoms with Gasteiger partial charge in [-0.25, -0.2) is 0 Å². The molecule has 1 heterocycles. The van der Waals surface area contributed by atoms with Crippen molar-refractivity contribution in [3.63, 3.8) is 0 Å². The first kappa shape index (κ1) is 20.5. The summed E-state index contributed by atoms with van der Waals surface area (Å²) in [7, 11) is 0. The van der Waals surface area contributed by atoms with E-state index in [1.54, 1.807) is 30.0 Å². The molecule has 3 rings (SSSR count). The van der Waals surface area contributed by atoms with Crippen LogP contribution in [0.5, 0.6) is 11.5 Å². The SMILES string of the molecule is C=C(C)CN1C(=O)C(C)Oc2cc(NC(=O)COc3cccc(CC)c3)ccc21. The van der Waals surface area contributed by atoms with Gasteiger partial charge < -0.3 is 19.7 Å². The number of nitrogens with zero attached hydrogens (tertiary/aromatic N) is 1. The minimum Gasteiger partial charge on any atom is -0.484 e. The molecule has 0 aliphatic carbocycles. The van der Waals surface area contributed by atoms with E-state index in [2.05, 4.69) is 18.8 Å². The van der Waals surface area contributed by atoms with Crippen LogP contribution in [0.15, 0.2) is 54.6 Å². The Bertz CT molecular complexity index is 938. The fourth-order valence-electron chi connectivity index (χ4n) is 3.12. The predicted molar refractivity (Wildman–Crippen MR) is 114 cm³/mol. The minimum absolute atomic E-state index is 0.0955. The number of ether oxygens (including phenoxy) is 2. The number of hydrogen-bond donors (Lipinski definition) is 1. The van der Waals surface area contributed by atoms with Gasteiger partial charge in [0.25, 0.3) is 11.8 Å². The van der Waals surface area contributed by atoms with E-state index in [4.69, 9.17) is 9.47 Å². The lowest BCUT2D eigenvalue weighted by molar-refractivity contribution is -0.125. The van der Waals surface area contributed by atoms with Gasteiger partial charge in [-0.1, -0.05) is 31.2 Å². The van der Waals surface area contributed by atoms with Crippen LogP contribution < -0.4 is 19.7 Å². The molecule has 0 aromatic heterocycles. The van der Waals surface area contributed by atoms with Crippen LogP contribution in [0.25, 0.3) is 0 Å². The highest BCUT2D eigenvalue weighted by molar-refractivity contribution is 6.01. The number of carbonyl (C=O) groups excluding carboxylic acids is 2. The number of aryl methyl sites for hydroxylation is 1. The third-order valence-electron chi connectivity index (χ3n) is 4.56. The Labute approximate surface area is 171 Å². The number of benzene rings is 2. The second-order valence-corrected chi connectivity index (χ2v) is 7.16. The number of nitrogens with one attached hydrogen (secondary N) is 1. The van der Waals surface area contributed by atoms with Crippen LogP contribution >= 0.6 is 0 Å². The van der Waals surface area contributed by atoms with Gasteiger partial charge in [0.1, 0.15) is 11.5 Å². The van der Waals surface area contributed by atoms with Gasteiger partial charge in [0, 0.05) is 18.3 Å². The lowest BCUT2D eigenvalue weighted by Gasteiger charge is -2.33. The number of amides is 2. The molecular weight excluding hydrogens is 368 g/mol. The number of anilines is 2. The van der Waals surface area contributed by atoms with E-state index in [0.717, 1.165) is 17.6 Å². The van der Waals surface area contributed by atoms with Gasteiger partial charge in [0.15, 0.2) is 12.7 Å². The summed E-state index contributed by atoms with van der Waals surface area (Å²) in [4.78, 5) is 26.4. The molecule has 0 bridgehead atoms. The highest BCUT2D eigenvalue weighted by atomic mass is 16.5. The molecule has 2 amide bonds. The molecule has 1 unspecified atom stereocenters. The number of carbonyl (C=O) groups is 2. The summed E-state index contributed by atoms with van der Waals surface area (Å²) >= 11 is 0. The molecule has 1 N–H and O–H groups in total. The molecule has 6 heteroatoms. The Morgan fingerprint density at radius 3 is 2.79 bits per heavy atom. The first-order valence-electron chi connectivity index (χ1n) is 9.65. The maximum Gasteiger partial charge on any atom is 0.268 e. The minimum atomic E-state index is -0.595. The second-order valence-electron chi connectivity index (χ2n) is 7.16. The topological polar surface area (TPSA) is 67.9 Å². The van der Waals surface area contributed by atoms with E-state index in [1.165, 1.54) is 0 Å². The molecule has 2 aromatic carbocycles. The van der Waals surface area contributed by atoms with Crippen LogP contribution in [0.3, 0.4) is 0 Å². The van der Waals surface area contributed by atoms with Gasteiger partial charge in [0.05, 0.1) is 5.69 Å². The molecular formula is C23H26N2O4. The third kappa shape index (κ3) is 4.96. The molecule has 0 saturated carbocycles. The van der Waals surface area contributed by atoms with Crippen LogP contribution in [-0.4, -0.2) is 31.1 Å². The van der Waals surface area contributed by atoms with E-state index in [9.17, 15) is 9.59 Å². The molecule has 0 spiro atoms. The normalized spacial score (nSPS) is 15.3. The van der Waals surface area contributed by atoms with Gasteiger partial charge in [-0.3, -0.25) is 9.59 Å². The van der Waals surface area contributed by atoms with Crippen molar-refractivity contribution in [3.8, 4) is 11.5 Å². The number of rotatable bonds is 7. The van der Waals surface area contributed by atoms with E-state index in [1.807, 2.05) is 31.2 Å². The zero-order valence-corrected chi connectivity index (χ0v) is 17.0. The van der Waals surface area contributed by atoms with Crippen LogP contribution in [0.4, 0.5) is 11.4 Å². The summed E-state index contributed by atoms with van der Waals surface area (Å²) in [6.07, 6.45) is 0.309. The Hall–Kier alpha value is -3.28. The standard InChI is InChI=1S/C23H26N2O4/c1-5-17-7-6-8-19(11-17)28-14-22(26)24-18-9-10-20-21(12-18)29-16(4)23(27)25(20)13-15(2)3/h6-12,16H,2,5,13-14H2,1,3-4H3,(H,24,26). The van der Waals surface area contributed by atoms with Gasteiger partial charge >= 0.3 is 0 Å². The second kappa shape index (κ2) is 8.82. The van der Waals surface area contributed by atoms with E-state index >= 15 is 0 Å². The van der Waals surface area contributed by atoms with E-state index in [-0.39, 0.29) is 18.4 Å². The van der Waals surface area contributed by atoms with Crippen molar-refractivity contribution < 1.29 is 19.1 Å². The molecule has 0 fully saturated rings. The predicted octanol–water partition coefficient (Wildman–Crippen LogP) is 3.96. The smallest absolute Gasteiger partial charge is 0.268 e. The van der Waals surface area contributed by atoms with Crippen molar-refractivity contribution in [1.29, 1.82) is 0 Å². The number of hydrogen-bond acceptors (Lipinski definition) is 4. The average molecular weight is 394 g/mol. The number of fused-ring (bicyclic) bond motifs is 1. The van der Waals surface area contributed by atoms with Gasteiger partial charge in [-0.15, -0.1) is 0 Å². The lowest BCUT2D eigenvalue weighted by atomic mass is 10.1. The summed E-state index contributed by atoms with van der Waals surface area (Å²) in [5.41, 5.74) is 3.27. The molecule has 2 aromatic rings. The summed E-state index contributed by atoms with van der Waals surface area (Å²) < 4.78 is 11.3. The van der Waals surface area contributed by atoms with Crippen LogP contribution in [0.2, 0.25) is 0 Å². The first-order chi connectivity index (χ1) is 13.9. The Kier molecular flexibility index (Phi) is 6.22. The average Bonchev–Trinajstić information content (AvgIpc) is 2.69. The van der Waals surface area contributed by atoms with E-state index in [0.29, 0.717) is 29.4 Å². The fourth-order valence-corrected chi connectivity index (χ4v) is 3.12. The van der Waals surface area contributed by atoms with Crippen molar-refractivity contribution in [2.24, 2.45) is 0 Å². The third-order valence-corrected chi connectivity index (χ3v) is 4.56. The molecule has 1 aliphatic rings. The maximum absolute atomic E-state index is 12.4. The van der Waals surface area contributed by atoms with Crippen molar-refractivity contribution in [2.45, 2.75) is 33.3 Å². The molecule has 6 nitrogen and oxygen atoms in total. The summed E-state index contributed by atoms with van der Waals surface area (Å²) in [5, 5.41) is 2.81. The van der Waals surface area contributed by atoms with Crippen molar-refractivity contribution in [3.05, 3.63) is 60.2 Å². The Balaban J connectivity index is 1.67. The largest absolute Gasteiger partial charge is 0.484 e. The van der Waals surface area contributed by atoms with Gasteiger partial charge in [0.2, 0.25) is 0 Å². The van der Waals surface area contributed by atoms with Crippen molar-refractivity contribution in [1.82, 2.24) is 0 Å². The van der Waals surface area contributed by atoms with Crippen molar-refractivity contribution >= 4 is 23.2 Å². The fraction of sp³-hybridized carbons (Fsp3) is 0.304. The van der Waals surface area contributed by atoms with Crippen LogP contribution in [0, 0.1) is 0 Å². The molecule has 29 heavy (non-hydrogen) atoms. The van der Waals surface area contributed by atoms with Crippen LogP contribution in [0.1, 0.15) is 26.3 Å². The molecule has 0 radical (unpaired) electrons. The van der Waals surface area contributed by atoms with Crippen LogP contribution in [-0.2, 0) is 16.0 Å². The maximum atomic E-state index is 12.4. The quantitative estimate of drug-likeness (QED) is 0.722. The van der Waals surface area contributed by atoms with Gasteiger partial charge in [-0.05, 0) is 50.1 Å². The monoisotopic (exact) mass is 394 g/mol. The highest BCUT2D eigenvalue weighted by Gasteiger charge is 2.31. The first-order valence-corrected chi connectivity index (χ1v) is 9.65. The van der Waals surface area contributed by atoms with E-state index < -0.39 is 6.10 Å². The highest BCUT2D eigenvalue weighted by Crippen LogP contribution is 2.36. The Morgan fingerprint density at radius 2 is 2.07 bits per heavy atom. The zero-order chi connectivity index (χ0) is 21.0. The molecule has 1 atom stereocenters. The lowest BCUT2D eigenvalue weighted by Crippen LogP contribution is -2.45. The summed E-state index contributed by atoms with van der Waals surface area (Å²) in [5.74, 6) is 0.828. The van der Waals surface area contributed by atoms with Gasteiger partial charge in [-0.2, -0.15) is 0 Å². The zero-order valence-electron chi connectivity index (χ0n) is 17.0. The molecule has 0 saturated heterocycles. The van der Waals surface area contributed by atoms with Crippen molar-refractivity contribution in [2.75, 3.05) is 23.4 Å². The molecule has 152 valence electrons. The summed E-state index contributed by atoms with van der Waals surface area (Å²) in [6, 6.07) is 12.9. The Morgan fingerprint density at radius 1 is 1.28 bits per heavy atom.